The zero-order valence-corrected chi connectivity index (χ0v) is 11.1. The molecule has 9 heteroatoms. The zero-order valence-electron chi connectivity index (χ0n) is 10.4. The molecule has 0 atom stereocenters. The number of aromatic nitrogens is 2. The molecule has 0 saturated carbocycles. The molecule has 0 unspecified atom stereocenters. The van der Waals surface area contributed by atoms with Crippen LogP contribution in [0.4, 0.5) is 20.3 Å². The van der Waals surface area contributed by atoms with E-state index >= 15 is 0 Å². The second-order valence-electron chi connectivity index (χ2n) is 3.77. The highest BCUT2D eigenvalue weighted by Gasteiger charge is 2.14. The van der Waals surface area contributed by atoms with E-state index in [0.717, 1.165) is 0 Å². The maximum atomic E-state index is 12.1. The van der Waals surface area contributed by atoms with Crippen LogP contribution in [0.3, 0.4) is 0 Å². The quantitative estimate of drug-likeness (QED) is 0.905. The summed E-state index contributed by atoms with van der Waals surface area (Å²) in [6.45, 7) is -2.98. The molecule has 1 aromatic carbocycles. The van der Waals surface area contributed by atoms with E-state index in [1.165, 1.54) is 30.6 Å². The summed E-state index contributed by atoms with van der Waals surface area (Å²) in [6.07, 6.45) is 2.66. The van der Waals surface area contributed by atoms with Crippen molar-refractivity contribution < 1.29 is 18.3 Å². The van der Waals surface area contributed by atoms with E-state index in [9.17, 15) is 13.6 Å². The molecule has 0 aliphatic carbocycles. The number of hydrogen-bond acceptors (Lipinski definition) is 5. The van der Waals surface area contributed by atoms with Gasteiger partial charge in [0.25, 0.3) is 5.91 Å². The summed E-state index contributed by atoms with van der Waals surface area (Å²) in [7, 11) is 0. The number of hydrogen-bond donors (Lipinski definition) is 2. The van der Waals surface area contributed by atoms with Gasteiger partial charge in [-0.2, -0.15) is 8.78 Å². The smallest absolute Gasteiger partial charge is 0.387 e. The van der Waals surface area contributed by atoms with Crippen LogP contribution in [-0.2, 0) is 0 Å². The molecule has 21 heavy (non-hydrogen) atoms. The van der Waals surface area contributed by atoms with E-state index < -0.39 is 12.5 Å². The first kappa shape index (κ1) is 14.9. The second-order valence-corrected chi connectivity index (χ2v) is 4.18. The SMILES string of the molecule is Nc1nccnc1C(=O)Nc1ccc(OC(F)F)c(Cl)c1. The van der Waals surface area contributed by atoms with Crippen molar-refractivity contribution in [2.75, 3.05) is 11.1 Å². The number of alkyl halides is 2. The molecular formula is C12H9ClF2N4O2. The summed E-state index contributed by atoms with van der Waals surface area (Å²) in [5, 5.41) is 2.40. The third-order valence-electron chi connectivity index (χ3n) is 2.35. The highest BCUT2D eigenvalue weighted by molar-refractivity contribution is 6.32. The first-order chi connectivity index (χ1) is 9.97. The number of nitrogen functional groups attached to an aromatic ring is 1. The Bertz CT molecular complexity index is 669. The number of halogens is 3. The molecule has 2 rings (SSSR count). The Labute approximate surface area is 122 Å². The molecule has 0 aliphatic rings. The van der Waals surface area contributed by atoms with Crippen LogP contribution >= 0.6 is 11.6 Å². The van der Waals surface area contributed by atoms with Crippen LogP contribution in [0.25, 0.3) is 0 Å². The van der Waals surface area contributed by atoms with Gasteiger partial charge in [-0.3, -0.25) is 4.79 Å². The molecule has 0 fully saturated rings. The van der Waals surface area contributed by atoms with Gasteiger partial charge in [0.05, 0.1) is 5.02 Å². The summed E-state index contributed by atoms with van der Waals surface area (Å²) in [5.74, 6) is -0.818. The van der Waals surface area contributed by atoms with Gasteiger partial charge in [-0.05, 0) is 18.2 Å². The van der Waals surface area contributed by atoms with Crippen LogP contribution in [0.2, 0.25) is 5.02 Å². The van der Waals surface area contributed by atoms with Gasteiger partial charge in [-0.1, -0.05) is 11.6 Å². The Morgan fingerprint density at radius 1 is 1.33 bits per heavy atom. The number of carbonyl (C=O) groups excluding carboxylic acids is 1. The zero-order chi connectivity index (χ0) is 15.4. The molecule has 2 aromatic rings. The third kappa shape index (κ3) is 3.76. The molecule has 1 heterocycles. The fourth-order valence-electron chi connectivity index (χ4n) is 1.48. The van der Waals surface area contributed by atoms with E-state index in [0.29, 0.717) is 0 Å². The summed E-state index contributed by atoms with van der Waals surface area (Å²) in [6, 6.07) is 3.84. The number of ether oxygens (including phenoxy) is 1. The average Bonchev–Trinajstić information content (AvgIpc) is 2.42. The average molecular weight is 315 g/mol. The van der Waals surface area contributed by atoms with Gasteiger partial charge in [0.15, 0.2) is 11.5 Å². The maximum Gasteiger partial charge on any atom is 0.387 e. The van der Waals surface area contributed by atoms with E-state index in [4.69, 9.17) is 17.3 Å². The lowest BCUT2D eigenvalue weighted by molar-refractivity contribution is -0.0497. The molecule has 1 aromatic heterocycles. The molecule has 0 spiro atoms. The molecule has 0 bridgehead atoms. The number of nitrogens with two attached hydrogens (primary N) is 1. The lowest BCUT2D eigenvalue weighted by Gasteiger charge is -2.09. The second kappa shape index (κ2) is 6.31. The molecule has 6 nitrogen and oxygen atoms in total. The highest BCUT2D eigenvalue weighted by Crippen LogP contribution is 2.29. The van der Waals surface area contributed by atoms with Crippen molar-refractivity contribution in [2.24, 2.45) is 0 Å². The van der Waals surface area contributed by atoms with Crippen molar-refractivity contribution in [1.29, 1.82) is 0 Å². The van der Waals surface area contributed by atoms with E-state index in [2.05, 4.69) is 20.0 Å². The third-order valence-corrected chi connectivity index (χ3v) is 2.64. The molecule has 110 valence electrons. The topological polar surface area (TPSA) is 90.1 Å². The van der Waals surface area contributed by atoms with Gasteiger partial charge in [0.2, 0.25) is 0 Å². The minimum Gasteiger partial charge on any atom is -0.433 e. The Morgan fingerprint density at radius 2 is 2.05 bits per heavy atom. The predicted octanol–water partition coefficient (Wildman–Crippen LogP) is 2.57. The van der Waals surface area contributed by atoms with Gasteiger partial charge in [0, 0.05) is 18.1 Å². The highest BCUT2D eigenvalue weighted by atomic mass is 35.5. The number of rotatable bonds is 4. The van der Waals surface area contributed by atoms with Crippen LogP contribution in [0.15, 0.2) is 30.6 Å². The first-order valence-electron chi connectivity index (χ1n) is 5.59. The standard InChI is InChI=1S/C12H9ClF2N4O2/c13-7-5-6(1-2-8(7)21-12(14)15)19-11(20)9-10(16)18-4-3-17-9/h1-5,12H,(H2,16,18)(H,19,20). The van der Waals surface area contributed by atoms with Gasteiger partial charge < -0.3 is 15.8 Å². The molecule has 0 aliphatic heterocycles. The summed E-state index contributed by atoms with van der Waals surface area (Å²) in [5.41, 5.74) is 5.74. The van der Waals surface area contributed by atoms with Crippen molar-refractivity contribution in [2.45, 2.75) is 6.61 Å². The Kier molecular flexibility index (Phi) is 4.49. The summed E-state index contributed by atoms with van der Waals surface area (Å²) < 4.78 is 28.4. The molecule has 0 radical (unpaired) electrons. The fraction of sp³-hybridized carbons (Fsp3) is 0.0833. The van der Waals surface area contributed by atoms with Crippen molar-refractivity contribution in [3.8, 4) is 5.75 Å². The van der Waals surface area contributed by atoms with E-state index in [-0.39, 0.29) is 28.0 Å². The van der Waals surface area contributed by atoms with Gasteiger partial charge in [-0.25, -0.2) is 9.97 Å². The Morgan fingerprint density at radius 3 is 2.67 bits per heavy atom. The molecule has 0 saturated heterocycles. The summed E-state index contributed by atoms with van der Waals surface area (Å²) >= 11 is 5.77. The number of nitrogens with one attached hydrogen (secondary N) is 1. The van der Waals surface area contributed by atoms with Crippen molar-refractivity contribution in [3.63, 3.8) is 0 Å². The fourth-order valence-corrected chi connectivity index (χ4v) is 1.71. The van der Waals surface area contributed by atoms with Crippen LogP contribution in [0.1, 0.15) is 10.5 Å². The molecular weight excluding hydrogens is 306 g/mol. The number of carbonyl (C=O) groups is 1. The normalized spacial score (nSPS) is 10.5. The van der Waals surface area contributed by atoms with Crippen LogP contribution in [0, 0.1) is 0 Å². The largest absolute Gasteiger partial charge is 0.433 e. The minimum atomic E-state index is -2.98. The van der Waals surface area contributed by atoms with Gasteiger partial charge in [-0.15, -0.1) is 0 Å². The lowest BCUT2D eigenvalue weighted by atomic mass is 10.3. The Balaban J connectivity index is 2.15. The lowest BCUT2D eigenvalue weighted by Crippen LogP contribution is -2.16. The van der Waals surface area contributed by atoms with Crippen molar-refractivity contribution in [3.05, 3.63) is 41.3 Å². The van der Waals surface area contributed by atoms with Gasteiger partial charge in [0.1, 0.15) is 5.75 Å². The Hall–Kier alpha value is -2.48. The number of benzene rings is 1. The van der Waals surface area contributed by atoms with Crippen molar-refractivity contribution >= 4 is 29.0 Å². The van der Waals surface area contributed by atoms with E-state index in [1.54, 1.807) is 0 Å². The maximum absolute atomic E-state index is 12.1. The molecule has 3 N–H and O–H groups in total. The van der Waals surface area contributed by atoms with Crippen LogP contribution in [0.5, 0.6) is 5.75 Å². The van der Waals surface area contributed by atoms with Crippen LogP contribution in [-0.4, -0.2) is 22.5 Å². The number of amides is 1. The van der Waals surface area contributed by atoms with E-state index in [1.807, 2.05) is 0 Å². The number of anilines is 2. The van der Waals surface area contributed by atoms with Crippen molar-refractivity contribution in [1.82, 2.24) is 9.97 Å². The van der Waals surface area contributed by atoms with Crippen LogP contribution < -0.4 is 15.8 Å². The summed E-state index contributed by atoms with van der Waals surface area (Å²) in [4.78, 5) is 19.4. The predicted molar refractivity (Wildman–Crippen MR) is 72.5 cm³/mol. The monoisotopic (exact) mass is 314 g/mol. The van der Waals surface area contributed by atoms with Gasteiger partial charge >= 0.3 is 6.61 Å². The molecule has 1 amide bonds. The first-order valence-corrected chi connectivity index (χ1v) is 5.97. The minimum absolute atomic E-state index is 0.0289. The number of nitrogens with zero attached hydrogens (tertiary/aromatic N) is 2.